The van der Waals surface area contributed by atoms with E-state index >= 15 is 0 Å². The number of hydrazine groups is 1. The van der Waals surface area contributed by atoms with Crippen LogP contribution in [0.3, 0.4) is 0 Å². The third kappa shape index (κ3) is 3.20. The molecule has 0 unspecified atom stereocenters. The summed E-state index contributed by atoms with van der Waals surface area (Å²) in [5.74, 6) is 6.07. The SMILES string of the molecule is NNC(=O)CSCc1nc2ccc([N+](=O)[O-])cc2[nH]1. The number of aromatic nitrogens is 2. The van der Waals surface area contributed by atoms with Gasteiger partial charge >= 0.3 is 0 Å². The average molecular weight is 281 g/mol. The van der Waals surface area contributed by atoms with Gasteiger partial charge in [-0.2, -0.15) is 0 Å². The maximum absolute atomic E-state index is 10.9. The number of nitrogens with two attached hydrogens (primary N) is 1. The van der Waals surface area contributed by atoms with Crippen molar-refractivity contribution in [1.82, 2.24) is 15.4 Å². The summed E-state index contributed by atoms with van der Waals surface area (Å²) in [5, 5.41) is 10.6. The van der Waals surface area contributed by atoms with Crippen LogP contribution in [-0.4, -0.2) is 26.6 Å². The summed E-state index contributed by atoms with van der Waals surface area (Å²) in [5.41, 5.74) is 3.31. The first-order valence-electron chi connectivity index (χ1n) is 5.30. The predicted molar refractivity (Wildman–Crippen MR) is 71.2 cm³/mol. The van der Waals surface area contributed by atoms with E-state index in [9.17, 15) is 14.9 Å². The molecule has 0 aliphatic carbocycles. The van der Waals surface area contributed by atoms with Gasteiger partial charge in [-0.3, -0.25) is 20.3 Å². The Morgan fingerprint density at radius 2 is 2.37 bits per heavy atom. The second-order valence-corrected chi connectivity index (χ2v) is 4.69. The molecule has 100 valence electrons. The van der Waals surface area contributed by atoms with E-state index in [1.54, 1.807) is 6.07 Å². The quantitative estimate of drug-likeness (QED) is 0.320. The molecule has 2 aromatic rings. The Morgan fingerprint density at radius 1 is 1.58 bits per heavy atom. The molecular formula is C10H11N5O3S. The van der Waals surface area contributed by atoms with E-state index in [0.717, 1.165) is 0 Å². The minimum absolute atomic E-state index is 0.0119. The van der Waals surface area contributed by atoms with E-state index in [2.05, 4.69) is 9.97 Å². The number of amides is 1. The van der Waals surface area contributed by atoms with Gasteiger partial charge in [0.05, 0.1) is 27.5 Å². The highest BCUT2D eigenvalue weighted by Gasteiger charge is 2.09. The Morgan fingerprint density at radius 3 is 3.05 bits per heavy atom. The lowest BCUT2D eigenvalue weighted by atomic mass is 10.3. The molecule has 0 saturated heterocycles. The zero-order chi connectivity index (χ0) is 13.8. The van der Waals surface area contributed by atoms with Gasteiger partial charge in [-0.15, -0.1) is 11.8 Å². The van der Waals surface area contributed by atoms with Crippen molar-refractivity contribution in [2.24, 2.45) is 5.84 Å². The number of fused-ring (bicyclic) bond motifs is 1. The number of rotatable bonds is 5. The van der Waals surface area contributed by atoms with Crippen molar-refractivity contribution in [3.8, 4) is 0 Å². The number of H-pyrrole nitrogens is 1. The topological polar surface area (TPSA) is 127 Å². The highest BCUT2D eigenvalue weighted by Crippen LogP contribution is 2.20. The van der Waals surface area contributed by atoms with Gasteiger partial charge in [0.1, 0.15) is 5.82 Å². The Hall–Kier alpha value is -2.13. The van der Waals surface area contributed by atoms with E-state index in [1.807, 2.05) is 5.43 Å². The van der Waals surface area contributed by atoms with Crippen LogP contribution in [0.4, 0.5) is 5.69 Å². The highest BCUT2D eigenvalue weighted by atomic mass is 32.2. The van der Waals surface area contributed by atoms with E-state index < -0.39 is 4.92 Å². The first kappa shape index (κ1) is 13.3. The molecule has 0 aliphatic rings. The normalized spacial score (nSPS) is 10.6. The van der Waals surface area contributed by atoms with Crippen LogP contribution in [0.2, 0.25) is 0 Å². The number of benzene rings is 1. The van der Waals surface area contributed by atoms with Gasteiger partial charge in [-0.05, 0) is 6.07 Å². The summed E-state index contributed by atoms with van der Waals surface area (Å²) in [6.45, 7) is 0. The first-order chi connectivity index (χ1) is 9.10. The highest BCUT2D eigenvalue weighted by molar-refractivity contribution is 7.99. The molecule has 0 aliphatic heterocycles. The Balaban J connectivity index is 2.09. The molecule has 19 heavy (non-hydrogen) atoms. The minimum atomic E-state index is -0.458. The second kappa shape index (κ2) is 5.67. The monoisotopic (exact) mass is 281 g/mol. The number of carbonyl (C=O) groups is 1. The standard InChI is InChI=1S/C10H11N5O3S/c11-14-10(16)5-19-4-9-12-7-2-1-6(15(17)18)3-8(7)13-9/h1-3H,4-5,11H2,(H,12,13)(H,14,16). The van der Waals surface area contributed by atoms with Crippen molar-refractivity contribution in [2.75, 3.05) is 5.75 Å². The molecule has 0 radical (unpaired) electrons. The predicted octanol–water partition coefficient (Wildman–Crippen LogP) is 0.694. The van der Waals surface area contributed by atoms with Crippen LogP contribution in [0.15, 0.2) is 18.2 Å². The number of non-ortho nitro benzene ring substituents is 1. The van der Waals surface area contributed by atoms with E-state index in [4.69, 9.17) is 5.84 Å². The van der Waals surface area contributed by atoms with Crippen molar-refractivity contribution in [3.05, 3.63) is 34.1 Å². The maximum Gasteiger partial charge on any atom is 0.271 e. The molecule has 0 fully saturated rings. The molecule has 1 amide bonds. The molecule has 0 spiro atoms. The number of hydrogen-bond acceptors (Lipinski definition) is 6. The van der Waals surface area contributed by atoms with Gasteiger partial charge in [-0.1, -0.05) is 0 Å². The van der Waals surface area contributed by atoms with Crippen LogP contribution in [0, 0.1) is 10.1 Å². The Labute approximate surface area is 111 Å². The number of nitrogens with zero attached hydrogens (tertiary/aromatic N) is 2. The van der Waals surface area contributed by atoms with Gasteiger partial charge < -0.3 is 4.98 Å². The zero-order valence-electron chi connectivity index (χ0n) is 9.75. The van der Waals surface area contributed by atoms with Gasteiger partial charge in [-0.25, -0.2) is 10.8 Å². The number of imidazole rings is 1. The van der Waals surface area contributed by atoms with Crippen LogP contribution in [0.5, 0.6) is 0 Å². The summed E-state index contributed by atoms with van der Waals surface area (Å²) < 4.78 is 0. The molecular weight excluding hydrogens is 270 g/mol. The summed E-state index contributed by atoms with van der Waals surface area (Å²) >= 11 is 1.35. The van der Waals surface area contributed by atoms with Crippen LogP contribution < -0.4 is 11.3 Å². The van der Waals surface area contributed by atoms with Crippen LogP contribution in [-0.2, 0) is 10.5 Å². The van der Waals surface area contributed by atoms with Gasteiger partial charge in [0.15, 0.2) is 0 Å². The molecule has 1 heterocycles. The minimum Gasteiger partial charge on any atom is -0.341 e. The van der Waals surface area contributed by atoms with Crippen molar-refractivity contribution >= 4 is 34.4 Å². The van der Waals surface area contributed by atoms with Gasteiger partial charge in [0, 0.05) is 12.1 Å². The van der Waals surface area contributed by atoms with Crippen molar-refractivity contribution in [3.63, 3.8) is 0 Å². The van der Waals surface area contributed by atoms with Crippen LogP contribution in [0.1, 0.15) is 5.82 Å². The lowest BCUT2D eigenvalue weighted by Gasteiger charge is -1.97. The zero-order valence-corrected chi connectivity index (χ0v) is 10.6. The third-order valence-corrected chi connectivity index (χ3v) is 3.30. The molecule has 1 aromatic heterocycles. The fraction of sp³-hybridized carbons (Fsp3) is 0.200. The fourth-order valence-corrected chi connectivity index (χ4v) is 2.22. The van der Waals surface area contributed by atoms with Crippen molar-refractivity contribution in [2.45, 2.75) is 5.75 Å². The number of carbonyl (C=O) groups excluding carboxylic acids is 1. The molecule has 4 N–H and O–H groups in total. The largest absolute Gasteiger partial charge is 0.341 e. The van der Waals surface area contributed by atoms with Crippen LogP contribution >= 0.6 is 11.8 Å². The fourth-order valence-electron chi connectivity index (χ4n) is 1.51. The van der Waals surface area contributed by atoms with E-state index in [0.29, 0.717) is 22.6 Å². The molecule has 0 saturated carbocycles. The summed E-state index contributed by atoms with van der Waals surface area (Å²) in [6, 6.07) is 4.43. The first-order valence-corrected chi connectivity index (χ1v) is 6.46. The Kier molecular flexibility index (Phi) is 3.97. The lowest BCUT2D eigenvalue weighted by molar-refractivity contribution is -0.384. The molecule has 8 nitrogen and oxygen atoms in total. The number of nitro benzene ring substituents is 1. The summed E-state index contributed by atoms with van der Waals surface area (Å²) in [6.07, 6.45) is 0. The van der Waals surface area contributed by atoms with Gasteiger partial charge in [0.2, 0.25) is 5.91 Å². The second-order valence-electron chi connectivity index (χ2n) is 3.70. The molecule has 2 rings (SSSR count). The number of aromatic amines is 1. The summed E-state index contributed by atoms with van der Waals surface area (Å²) in [7, 11) is 0. The Bertz CT molecular complexity index is 627. The smallest absolute Gasteiger partial charge is 0.271 e. The number of nitrogens with one attached hydrogen (secondary N) is 2. The van der Waals surface area contributed by atoms with Crippen molar-refractivity contribution < 1.29 is 9.72 Å². The van der Waals surface area contributed by atoms with Gasteiger partial charge in [0.25, 0.3) is 5.69 Å². The van der Waals surface area contributed by atoms with Crippen LogP contribution in [0.25, 0.3) is 11.0 Å². The number of thioether (sulfide) groups is 1. The molecule has 0 atom stereocenters. The average Bonchev–Trinajstić information content (AvgIpc) is 2.79. The van der Waals surface area contributed by atoms with E-state index in [1.165, 1.54) is 23.9 Å². The van der Waals surface area contributed by atoms with E-state index in [-0.39, 0.29) is 17.3 Å². The lowest BCUT2D eigenvalue weighted by Crippen LogP contribution is -2.31. The number of nitro groups is 1. The number of hydrogen-bond donors (Lipinski definition) is 3. The molecule has 9 heteroatoms. The van der Waals surface area contributed by atoms with Crippen molar-refractivity contribution in [1.29, 1.82) is 0 Å². The summed E-state index contributed by atoms with van der Waals surface area (Å²) in [4.78, 5) is 28.4. The third-order valence-electron chi connectivity index (χ3n) is 2.36. The molecule has 1 aromatic carbocycles. The maximum atomic E-state index is 10.9. The molecule has 0 bridgehead atoms.